The first-order valence-electron chi connectivity index (χ1n) is 5.86. The monoisotopic (exact) mass is 280 g/mol. The fraction of sp³-hybridized carbons (Fsp3) is 0.308. The Morgan fingerprint density at radius 2 is 1.90 bits per heavy atom. The van der Waals surface area contributed by atoms with E-state index in [9.17, 15) is 14.4 Å². The molecule has 0 aliphatic heterocycles. The Balaban J connectivity index is 2.84. The van der Waals surface area contributed by atoms with Crippen molar-refractivity contribution in [3.63, 3.8) is 0 Å². The smallest absolute Gasteiger partial charge is 0.333 e. The summed E-state index contributed by atoms with van der Waals surface area (Å²) in [6, 6.07) is 6.20. The number of hydrogen-bond donors (Lipinski definition) is 3. The fourth-order valence-corrected chi connectivity index (χ4v) is 1.57. The van der Waals surface area contributed by atoms with Crippen LogP contribution in [0.25, 0.3) is 0 Å². The van der Waals surface area contributed by atoms with Crippen molar-refractivity contribution < 1.29 is 24.2 Å². The molecule has 2 atom stereocenters. The third-order valence-corrected chi connectivity index (χ3v) is 2.59. The molecule has 0 unspecified atom stereocenters. The van der Waals surface area contributed by atoms with Crippen molar-refractivity contribution in [2.75, 3.05) is 7.11 Å². The number of esters is 1. The molecule has 7 nitrogen and oxygen atoms in total. The number of amides is 1. The molecule has 0 radical (unpaired) electrons. The summed E-state index contributed by atoms with van der Waals surface area (Å²) in [5.74, 6) is -2.58. The van der Waals surface area contributed by atoms with Gasteiger partial charge in [-0.05, 0) is 5.56 Å². The Hall–Kier alpha value is -2.41. The lowest BCUT2D eigenvalue weighted by molar-refractivity contribution is -0.145. The van der Waals surface area contributed by atoms with E-state index in [1.54, 1.807) is 30.3 Å². The van der Waals surface area contributed by atoms with E-state index in [2.05, 4.69) is 10.1 Å². The van der Waals surface area contributed by atoms with Crippen LogP contribution in [0.1, 0.15) is 18.0 Å². The van der Waals surface area contributed by atoms with Crippen molar-refractivity contribution in [3.8, 4) is 0 Å². The predicted molar refractivity (Wildman–Crippen MR) is 69.6 cm³/mol. The molecule has 0 saturated carbocycles. The van der Waals surface area contributed by atoms with Crippen molar-refractivity contribution in [1.29, 1.82) is 0 Å². The summed E-state index contributed by atoms with van der Waals surface area (Å²) < 4.78 is 4.62. The van der Waals surface area contributed by atoms with Gasteiger partial charge < -0.3 is 20.9 Å². The first-order chi connectivity index (χ1) is 9.45. The van der Waals surface area contributed by atoms with Crippen LogP contribution < -0.4 is 11.1 Å². The number of hydrogen-bond acceptors (Lipinski definition) is 5. The van der Waals surface area contributed by atoms with Crippen molar-refractivity contribution in [2.45, 2.75) is 18.5 Å². The molecule has 0 aliphatic rings. The molecule has 1 amide bonds. The van der Waals surface area contributed by atoms with E-state index in [1.165, 1.54) is 7.11 Å². The zero-order chi connectivity index (χ0) is 15.1. The normalized spacial score (nSPS) is 13.1. The molecule has 1 aromatic carbocycles. The van der Waals surface area contributed by atoms with Crippen LogP contribution in [0.15, 0.2) is 30.3 Å². The quantitative estimate of drug-likeness (QED) is 0.622. The Kier molecular flexibility index (Phi) is 5.67. The van der Waals surface area contributed by atoms with Gasteiger partial charge in [-0.2, -0.15) is 0 Å². The number of carbonyl (C=O) groups excluding carboxylic acids is 2. The highest BCUT2D eigenvalue weighted by atomic mass is 16.5. The SMILES string of the molecule is COC(=O)[C@@H](NC(=O)[C@@H](N)CC(=O)O)c1ccccc1. The number of nitrogens with one attached hydrogen (secondary N) is 1. The van der Waals surface area contributed by atoms with Crippen molar-refractivity contribution in [1.82, 2.24) is 5.32 Å². The molecule has 0 bridgehead atoms. The van der Waals surface area contributed by atoms with Crippen LogP contribution in [0.2, 0.25) is 0 Å². The Morgan fingerprint density at radius 3 is 2.40 bits per heavy atom. The van der Waals surface area contributed by atoms with Gasteiger partial charge in [0.25, 0.3) is 0 Å². The highest BCUT2D eigenvalue weighted by molar-refractivity contribution is 5.90. The number of methoxy groups -OCH3 is 1. The highest BCUT2D eigenvalue weighted by Crippen LogP contribution is 2.14. The summed E-state index contributed by atoms with van der Waals surface area (Å²) >= 11 is 0. The predicted octanol–water partition coefficient (Wildman–Crippen LogP) is -0.181. The van der Waals surface area contributed by atoms with Gasteiger partial charge in [-0.3, -0.25) is 9.59 Å². The van der Waals surface area contributed by atoms with E-state index in [0.717, 1.165) is 0 Å². The molecule has 0 spiro atoms. The number of nitrogens with two attached hydrogens (primary N) is 1. The maximum Gasteiger partial charge on any atom is 0.333 e. The van der Waals surface area contributed by atoms with Gasteiger partial charge in [-0.1, -0.05) is 30.3 Å². The second-order valence-corrected chi connectivity index (χ2v) is 4.08. The third kappa shape index (κ3) is 4.36. The van der Waals surface area contributed by atoms with Crippen molar-refractivity contribution in [3.05, 3.63) is 35.9 Å². The molecule has 0 aromatic heterocycles. The summed E-state index contributed by atoms with van der Waals surface area (Å²) in [6.07, 6.45) is -0.519. The van der Waals surface area contributed by atoms with Gasteiger partial charge in [0.05, 0.1) is 19.6 Å². The van der Waals surface area contributed by atoms with Crippen LogP contribution in [0.4, 0.5) is 0 Å². The van der Waals surface area contributed by atoms with Crippen molar-refractivity contribution >= 4 is 17.8 Å². The lowest BCUT2D eigenvalue weighted by Gasteiger charge is -2.18. The van der Waals surface area contributed by atoms with E-state index < -0.39 is 36.4 Å². The molecule has 7 heteroatoms. The van der Waals surface area contributed by atoms with Gasteiger partial charge in [0.15, 0.2) is 6.04 Å². The summed E-state index contributed by atoms with van der Waals surface area (Å²) in [4.78, 5) is 34.0. The van der Waals surface area contributed by atoms with E-state index in [0.29, 0.717) is 5.56 Å². The number of carboxylic acid groups (broad SMARTS) is 1. The molecule has 0 saturated heterocycles. The molecular weight excluding hydrogens is 264 g/mol. The van der Waals surface area contributed by atoms with Crippen LogP contribution >= 0.6 is 0 Å². The maximum absolute atomic E-state index is 11.8. The van der Waals surface area contributed by atoms with Gasteiger partial charge in [-0.25, -0.2) is 4.79 Å². The second kappa shape index (κ2) is 7.25. The van der Waals surface area contributed by atoms with Gasteiger partial charge in [0, 0.05) is 0 Å². The largest absolute Gasteiger partial charge is 0.481 e. The zero-order valence-electron chi connectivity index (χ0n) is 10.9. The first kappa shape index (κ1) is 15.6. The molecule has 0 heterocycles. The molecule has 108 valence electrons. The molecule has 1 rings (SSSR count). The summed E-state index contributed by atoms with van der Waals surface area (Å²) in [5, 5.41) is 11.0. The maximum atomic E-state index is 11.8. The van der Waals surface area contributed by atoms with Gasteiger partial charge in [0.1, 0.15) is 0 Å². The zero-order valence-corrected chi connectivity index (χ0v) is 10.9. The average molecular weight is 280 g/mol. The minimum atomic E-state index is -1.23. The fourth-order valence-electron chi connectivity index (χ4n) is 1.57. The van der Waals surface area contributed by atoms with Crippen LogP contribution in [-0.4, -0.2) is 36.1 Å². The van der Waals surface area contributed by atoms with E-state index >= 15 is 0 Å². The molecular formula is C13H16N2O5. The molecule has 4 N–H and O–H groups in total. The highest BCUT2D eigenvalue weighted by Gasteiger charge is 2.26. The standard InChI is InChI=1S/C13H16N2O5/c1-20-13(19)11(8-5-3-2-4-6-8)15-12(18)9(14)7-10(16)17/h2-6,9,11H,7,14H2,1H3,(H,15,18)(H,16,17)/t9-,11-/m0/s1. The first-order valence-corrected chi connectivity index (χ1v) is 5.86. The molecule has 0 fully saturated rings. The number of ether oxygens (including phenoxy) is 1. The van der Waals surface area contributed by atoms with Crippen LogP contribution in [0.5, 0.6) is 0 Å². The topological polar surface area (TPSA) is 119 Å². The Morgan fingerprint density at radius 1 is 1.30 bits per heavy atom. The summed E-state index contributed by atoms with van der Waals surface area (Å²) in [5.41, 5.74) is 5.96. The van der Waals surface area contributed by atoms with E-state index in [-0.39, 0.29) is 0 Å². The molecule has 20 heavy (non-hydrogen) atoms. The van der Waals surface area contributed by atoms with E-state index in [1.807, 2.05) is 0 Å². The van der Waals surface area contributed by atoms with Crippen LogP contribution in [0.3, 0.4) is 0 Å². The molecule has 1 aromatic rings. The lowest BCUT2D eigenvalue weighted by Crippen LogP contribution is -2.45. The van der Waals surface area contributed by atoms with E-state index in [4.69, 9.17) is 10.8 Å². The average Bonchev–Trinajstić information content (AvgIpc) is 2.43. The van der Waals surface area contributed by atoms with Crippen LogP contribution in [-0.2, 0) is 19.1 Å². The van der Waals surface area contributed by atoms with Gasteiger partial charge >= 0.3 is 11.9 Å². The minimum absolute atomic E-state index is 0.519. The van der Waals surface area contributed by atoms with Gasteiger partial charge in [-0.15, -0.1) is 0 Å². The van der Waals surface area contributed by atoms with Crippen molar-refractivity contribution in [2.24, 2.45) is 5.73 Å². The minimum Gasteiger partial charge on any atom is -0.481 e. The Labute approximate surface area is 115 Å². The van der Waals surface area contributed by atoms with Crippen LogP contribution in [0, 0.1) is 0 Å². The Bertz CT molecular complexity index is 489. The summed E-state index contributed by atoms with van der Waals surface area (Å²) in [7, 11) is 1.20. The van der Waals surface area contributed by atoms with Gasteiger partial charge in [0.2, 0.25) is 5.91 Å². The second-order valence-electron chi connectivity index (χ2n) is 4.08. The lowest BCUT2D eigenvalue weighted by atomic mass is 10.1. The number of aliphatic carboxylic acids is 1. The number of benzene rings is 1. The molecule has 0 aliphatic carbocycles. The number of carboxylic acids is 1. The summed E-state index contributed by atoms with van der Waals surface area (Å²) in [6.45, 7) is 0. The third-order valence-electron chi connectivity index (χ3n) is 2.59. The number of rotatable bonds is 6. The number of carbonyl (C=O) groups is 3.